The molecule has 0 radical (unpaired) electrons. The lowest BCUT2D eigenvalue weighted by atomic mass is 10.2. The van der Waals surface area contributed by atoms with Crippen LogP contribution < -0.4 is 24.8 Å². The van der Waals surface area contributed by atoms with E-state index in [2.05, 4.69) is 22.5 Å². The number of aryl methyl sites for hydroxylation is 1. The van der Waals surface area contributed by atoms with Crippen LogP contribution >= 0.6 is 0 Å². The summed E-state index contributed by atoms with van der Waals surface area (Å²) in [6.07, 6.45) is 0.891. The molecular weight excluding hydrogens is 330 g/mol. The van der Waals surface area contributed by atoms with Gasteiger partial charge in [0.2, 0.25) is 0 Å². The molecule has 2 aromatic rings. The maximum absolute atomic E-state index is 5.71. The van der Waals surface area contributed by atoms with Crippen molar-refractivity contribution in [2.24, 2.45) is 4.99 Å². The maximum Gasteiger partial charge on any atom is 0.195 e. The van der Waals surface area contributed by atoms with Crippen LogP contribution in [0, 0.1) is 6.92 Å². The lowest BCUT2D eigenvalue weighted by Crippen LogP contribution is -2.33. The van der Waals surface area contributed by atoms with Crippen molar-refractivity contribution in [2.75, 3.05) is 38.7 Å². The van der Waals surface area contributed by atoms with E-state index in [1.807, 2.05) is 42.5 Å². The molecule has 0 saturated carbocycles. The van der Waals surface area contributed by atoms with E-state index in [9.17, 15) is 0 Å². The van der Waals surface area contributed by atoms with Crippen LogP contribution in [-0.2, 0) is 0 Å². The third kappa shape index (κ3) is 5.05. The van der Waals surface area contributed by atoms with Gasteiger partial charge in [0.25, 0.3) is 0 Å². The Hall–Kier alpha value is -2.89. The Morgan fingerprint density at radius 1 is 1.08 bits per heavy atom. The Bertz CT molecular complexity index is 744. The van der Waals surface area contributed by atoms with E-state index in [-0.39, 0.29) is 0 Å². The Morgan fingerprint density at radius 3 is 2.62 bits per heavy atom. The van der Waals surface area contributed by atoms with Gasteiger partial charge in [-0.25, -0.2) is 0 Å². The molecule has 2 aromatic carbocycles. The quantitative estimate of drug-likeness (QED) is 0.490. The van der Waals surface area contributed by atoms with E-state index in [4.69, 9.17) is 14.2 Å². The number of benzene rings is 2. The van der Waals surface area contributed by atoms with Crippen molar-refractivity contribution >= 4 is 11.6 Å². The summed E-state index contributed by atoms with van der Waals surface area (Å²) in [6, 6.07) is 13.8. The first kappa shape index (κ1) is 17.9. The number of nitrogens with one attached hydrogen (secondary N) is 2. The van der Waals surface area contributed by atoms with Crippen LogP contribution in [0.2, 0.25) is 0 Å². The zero-order valence-corrected chi connectivity index (χ0v) is 15.2. The highest BCUT2D eigenvalue weighted by atomic mass is 16.5. The summed E-state index contributed by atoms with van der Waals surface area (Å²) in [5, 5.41) is 6.49. The van der Waals surface area contributed by atoms with Gasteiger partial charge in [0.1, 0.15) is 12.4 Å². The second-order valence-electron chi connectivity index (χ2n) is 6.00. The van der Waals surface area contributed by atoms with E-state index < -0.39 is 0 Å². The second-order valence-corrected chi connectivity index (χ2v) is 6.00. The Morgan fingerprint density at radius 2 is 1.85 bits per heavy atom. The summed E-state index contributed by atoms with van der Waals surface area (Å²) in [4.78, 5) is 4.24. The van der Waals surface area contributed by atoms with Gasteiger partial charge >= 0.3 is 0 Å². The van der Waals surface area contributed by atoms with Crippen molar-refractivity contribution in [3.63, 3.8) is 0 Å². The summed E-state index contributed by atoms with van der Waals surface area (Å²) in [6.45, 7) is 4.59. The Kier molecular flexibility index (Phi) is 6.19. The SMILES string of the molecule is CN=C(NCCOc1ccc(C)cc1)Nc1ccc2c(c1)OCCCO2. The van der Waals surface area contributed by atoms with Gasteiger partial charge in [0, 0.05) is 25.2 Å². The largest absolute Gasteiger partial charge is 0.492 e. The number of nitrogens with zero attached hydrogens (tertiary/aromatic N) is 1. The fraction of sp³-hybridized carbons (Fsp3) is 0.350. The standard InChI is InChI=1S/C20H25N3O3/c1-15-4-7-17(8-5-15)24-13-10-22-20(21-2)23-16-6-9-18-19(14-16)26-12-3-11-25-18/h4-9,14H,3,10-13H2,1-2H3,(H2,21,22,23). The number of hydrogen-bond acceptors (Lipinski definition) is 4. The average molecular weight is 355 g/mol. The molecule has 0 atom stereocenters. The number of aliphatic imine (C=N–C) groups is 1. The van der Waals surface area contributed by atoms with E-state index >= 15 is 0 Å². The van der Waals surface area contributed by atoms with Gasteiger partial charge in [-0.05, 0) is 31.2 Å². The zero-order chi connectivity index (χ0) is 18.2. The van der Waals surface area contributed by atoms with Crippen LogP contribution in [0.3, 0.4) is 0 Å². The predicted molar refractivity (Wildman–Crippen MR) is 104 cm³/mol. The van der Waals surface area contributed by atoms with Gasteiger partial charge in [-0.15, -0.1) is 0 Å². The third-order valence-electron chi connectivity index (χ3n) is 3.92. The fourth-order valence-corrected chi connectivity index (χ4v) is 2.53. The van der Waals surface area contributed by atoms with Crippen LogP contribution in [0.4, 0.5) is 5.69 Å². The minimum Gasteiger partial charge on any atom is -0.492 e. The normalized spacial score (nSPS) is 13.7. The Labute approximate surface area is 154 Å². The first-order chi connectivity index (χ1) is 12.7. The van der Waals surface area contributed by atoms with Crippen molar-refractivity contribution < 1.29 is 14.2 Å². The number of fused-ring (bicyclic) bond motifs is 1. The fourth-order valence-electron chi connectivity index (χ4n) is 2.53. The number of rotatable bonds is 5. The van der Waals surface area contributed by atoms with Gasteiger partial charge in [0.15, 0.2) is 17.5 Å². The van der Waals surface area contributed by atoms with Crippen molar-refractivity contribution in [2.45, 2.75) is 13.3 Å². The lowest BCUT2D eigenvalue weighted by Gasteiger charge is -2.14. The molecule has 0 unspecified atom stereocenters. The molecule has 0 bridgehead atoms. The molecule has 0 aromatic heterocycles. The van der Waals surface area contributed by atoms with Gasteiger partial charge < -0.3 is 24.8 Å². The number of hydrogen-bond donors (Lipinski definition) is 2. The predicted octanol–water partition coefficient (Wildman–Crippen LogP) is 3.22. The first-order valence-electron chi connectivity index (χ1n) is 8.81. The van der Waals surface area contributed by atoms with Gasteiger partial charge in [0.05, 0.1) is 19.8 Å². The molecular formula is C20H25N3O3. The lowest BCUT2D eigenvalue weighted by molar-refractivity contribution is 0.297. The maximum atomic E-state index is 5.71. The van der Waals surface area contributed by atoms with Gasteiger partial charge in [-0.2, -0.15) is 0 Å². The molecule has 3 rings (SSSR count). The average Bonchev–Trinajstić information content (AvgIpc) is 2.90. The van der Waals surface area contributed by atoms with Crippen molar-refractivity contribution in [1.29, 1.82) is 0 Å². The summed E-state index contributed by atoms with van der Waals surface area (Å²) < 4.78 is 17.1. The molecule has 0 aliphatic carbocycles. The summed E-state index contributed by atoms with van der Waals surface area (Å²) >= 11 is 0. The minimum atomic E-state index is 0.547. The molecule has 2 N–H and O–H groups in total. The second kappa shape index (κ2) is 8.99. The Balaban J connectivity index is 1.48. The molecule has 1 heterocycles. The van der Waals surface area contributed by atoms with Crippen LogP contribution in [-0.4, -0.2) is 39.4 Å². The number of ether oxygens (including phenoxy) is 3. The van der Waals surface area contributed by atoms with Crippen LogP contribution in [0.15, 0.2) is 47.5 Å². The first-order valence-corrected chi connectivity index (χ1v) is 8.81. The summed E-state index contributed by atoms with van der Waals surface area (Å²) in [5.74, 6) is 3.07. The monoisotopic (exact) mass is 355 g/mol. The summed E-state index contributed by atoms with van der Waals surface area (Å²) in [7, 11) is 1.74. The molecule has 0 fully saturated rings. The van der Waals surface area contributed by atoms with Gasteiger partial charge in [-0.1, -0.05) is 17.7 Å². The molecule has 6 heteroatoms. The zero-order valence-electron chi connectivity index (χ0n) is 15.2. The smallest absolute Gasteiger partial charge is 0.195 e. The highest BCUT2D eigenvalue weighted by Gasteiger charge is 2.11. The van der Waals surface area contributed by atoms with E-state index in [0.717, 1.165) is 29.4 Å². The molecule has 1 aliphatic heterocycles. The van der Waals surface area contributed by atoms with Crippen molar-refractivity contribution in [3.05, 3.63) is 48.0 Å². The highest BCUT2D eigenvalue weighted by Crippen LogP contribution is 2.32. The van der Waals surface area contributed by atoms with E-state index in [1.54, 1.807) is 7.05 Å². The van der Waals surface area contributed by atoms with E-state index in [1.165, 1.54) is 5.56 Å². The molecule has 1 aliphatic rings. The third-order valence-corrected chi connectivity index (χ3v) is 3.92. The number of guanidine groups is 1. The van der Waals surface area contributed by atoms with Crippen LogP contribution in [0.1, 0.15) is 12.0 Å². The van der Waals surface area contributed by atoms with Crippen molar-refractivity contribution in [3.8, 4) is 17.2 Å². The molecule has 0 amide bonds. The van der Waals surface area contributed by atoms with Crippen molar-refractivity contribution in [1.82, 2.24) is 5.32 Å². The molecule has 0 spiro atoms. The molecule has 0 saturated heterocycles. The topological polar surface area (TPSA) is 64.1 Å². The summed E-state index contributed by atoms with van der Waals surface area (Å²) in [5.41, 5.74) is 2.11. The molecule has 138 valence electrons. The van der Waals surface area contributed by atoms with Crippen LogP contribution in [0.25, 0.3) is 0 Å². The number of anilines is 1. The molecule has 26 heavy (non-hydrogen) atoms. The highest BCUT2D eigenvalue weighted by molar-refractivity contribution is 5.93. The molecule has 6 nitrogen and oxygen atoms in total. The van der Waals surface area contributed by atoms with Gasteiger partial charge in [-0.3, -0.25) is 4.99 Å². The van der Waals surface area contributed by atoms with Crippen LogP contribution in [0.5, 0.6) is 17.2 Å². The minimum absolute atomic E-state index is 0.547. The van der Waals surface area contributed by atoms with E-state index in [0.29, 0.717) is 32.3 Å².